The number of alkyl halides is 1. The Bertz CT molecular complexity index is 501. The number of para-hydroxylation sites is 2. The van der Waals surface area contributed by atoms with E-state index in [1.54, 1.807) is 11.3 Å². The topological polar surface area (TPSA) is 31.4 Å². The van der Waals surface area contributed by atoms with Crippen molar-refractivity contribution in [2.24, 2.45) is 0 Å². The summed E-state index contributed by atoms with van der Waals surface area (Å²) in [5.74, 6) is 1.93. The smallest absolute Gasteiger partial charge is 0.161 e. The van der Waals surface area contributed by atoms with E-state index in [0.717, 1.165) is 22.2 Å². The Hall–Kier alpha value is -1.26. The van der Waals surface area contributed by atoms with Gasteiger partial charge in [-0.2, -0.15) is 0 Å². The average molecular weight is 284 g/mol. The van der Waals surface area contributed by atoms with E-state index in [1.165, 1.54) is 0 Å². The van der Waals surface area contributed by atoms with Crippen molar-refractivity contribution in [3.05, 3.63) is 40.3 Å². The van der Waals surface area contributed by atoms with Crippen LogP contribution in [0.3, 0.4) is 0 Å². The van der Waals surface area contributed by atoms with E-state index >= 15 is 0 Å². The van der Waals surface area contributed by atoms with Crippen molar-refractivity contribution in [2.45, 2.75) is 19.4 Å². The monoisotopic (exact) mass is 283 g/mol. The maximum absolute atomic E-state index is 5.71. The second kappa shape index (κ2) is 6.61. The zero-order valence-electron chi connectivity index (χ0n) is 10.1. The van der Waals surface area contributed by atoms with Crippen molar-refractivity contribution < 1.29 is 9.47 Å². The first-order valence-electron chi connectivity index (χ1n) is 5.67. The van der Waals surface area contributed by atoms with Crippen LogP contribution >= 0.6 is 22.9 Å². The molecule has 0 radical (unpaired) electrons. The molecule has 18 heavy (non-hydrogen) atoms. The predicted molar refractivity (Wildman–Crippen MR) is 73.6 cm³/mol. The van der Waals surface area contributed by atoms with Gasteiger partial charge in [-0.3, -0.25) is 0 Å². The second-order valence-corrected chi connectivity index (χ2v) is 4.74. The molecule has 0 aliphatic rings. The number of rotatable bonds is 6. The third kappa shape index (κ3) is 3.37. The Morgan fingerprint density at radius 2 is 1.94 bits per heavy atom. The summed E-state index contributed by atoms with van der Waals surface area (Å²) in [5.41, 5.74) is 0.887. The van der Waals surface area contributed by atoms with Crippen molar-refractivity contribution in [1.82, 2.24) is 4.98 Å². The highest BCUT2D eigenvalue weighted by atomic mass is 35.5. The lowest BCUT2D eigenvalue weighted by molar-refractivity contribution is 0.269. The fraction of sp³-hybridized carbons (Fsp3) is 0.308. The first-order valence-corrected chi connectivity index (χ1v) is 7.08. The fourth-order valence-corrected chi connectivity index (χ4v) is 2.39. The molecule has 3 nitrogen and oxygen atoms in total. The zero-order chi connectivity index (χ0) is 12.8. The van der Waals surface area contributed by atoms with E-state index in [0.29, 0.717) is 19.1 Å². The first kappa shape index (κ1) is 13.2. The number of ether oxygens (including phenoxy) is 2. The second-order valence-electron chi connectivity index (χ2n) is 3.53. The number of thiazole rings is 1. The van der Waals surface area contributed by atoms with Gasteiger partial charge in [-0.1, -0.05) is 12.1 Å². The van der Waals surface area contributed by atoms with Crippen LogP contribution in [0, 0.1) is 0 Å². The molecular formula is C13H14ClNO2S. The van der Waals surface area contributed by atoms with Crippen LogP contribution in [0.25, 0.3) is 0 Å². The molecule has 0 aliphatic carbocycles. The van der Waals surface area contributed by atoms with Crippen LogP contribution in [-0.4, -0.2) is 11.6 Å². The van der Waals surface area contributed by atoms with Crippen molar-refractivity contribution in [1.29, 1.82) is 0 Å². The molecule has 0 fully saturated rings. The molecule has 2 rings (SSSR count). The fourth-order valence-electron chi connectivity index (χ4n) is 1.46. The third-order valence-electron chi connectivity index (χ3n) is 2.24. The van der Waals surface area contributed by atoms with Crippen molar-refractivity contribution >= 4 is 22.9 Å². The van der Waals surface area contributed by atoms with Gasteiger partial charge in [0.1, 0.15) is 11.6 Å². The van der Waals surface area contributed by atoms with Gasteiger partial charge in [0, 0.05) is 5.38 Å². The normalized spacial score (nSPS) is 10.3. The van der Waals surface area contributed by atoms with Gasteiger partial charge in [0.15, 0.2) is 11.5 Å². The third-order valence-corrected chi connectivity index (χ3v) is 3.38. The molecule has 5 heteroatoms. The molecular weight excluding hydrogens is 270 g/mol. The van der Waals surface area contributed by atoms with Gasteiger partial charge < -0.3 is 9.47 Å². The number of halogens is 1. The molecule has 0 saturated carbocycles. The van der Waals surface area contributed by atoms with Crippen LogP contribution in [0.2, 0.25) is 0 Å². The van der Waals surface area contributed by atoms with Crippen LogP contribution in [0.5, 0.6) is 11.5 Å². The van der Waals surface area contributed by atoms with Crippen LogP contribution in [0.15, 0.2) is 29.6 Å². The minimum absolute atomic E-state index is 0.436. The molecule has 0 spiro atoms. The molecule has 0 bridgehead atoms. The van der Waals surface area contributed by atoms with Gasteiger partial charge in [0.05, 0.1) is 18.2 Å². The van der Waals surface area contributed by atoms with Crippen molar-refractivity contribution in [3.63, 3.8) is 0 Å². The minimum Gasteiger partial charge on any atom is -0.490 e. The van der Waals surface area contributed by atoms with Crippen molar-refractivity contribution in [3.8, 4) is 11.5 Å². The standard InChI is InChI=1S/C13H14ClNO2S/c1-2-16-11-5-3-4-6-12(11)17-8-13-15-10(7-14)9-18-13/h3-6,9H,2,7-8H2,1H3. The quantitative estimate of drug-likeness (QED) is 0.755. The number of aromatic nitrogens is 1. The highest BCUT2D eigenvalue weighted by Crippen LogP contribution is 2.27. The Morgan fingerprint density at radius 1 is 1.22 bits per heavy atom. The largest absolute Gasteiger partial charge is 0.490 e. The molecule has 0 atom stereocenters. The predicted octanol–water partition coefficient (Wildman–Crippen LogP) is 3.86. The lowest BCUT2D eigenvalue weighted by Gasteiger charge is -2.10. The van der Waals surface area contributed by atoms with Crippen LogP contribution in [-0.2, 0) is 12.5 Å². The Balaban J connectivity index is 2.01. The number of nitrogens with zero attached hydrogens (tertiary/aromatic N) is 1. The van der Waals surface area contributed by atoms with Gasteiger partial charge in [0.25, 0.3) is 0 Å². The highest BCUT2D eigenvalue weighted by Gasteiger charge is 2.06. The van der Waals surface area contributed by atoms with Gasteiger partial charge in [-0.25, -0.2) is 4.98 Å². The summed E-state index contributed by atoms with van der Waals surface area (Å²) in [5, 5.41) is 2.86. The molecule has 0 N–H and O–H groups in total. The molecule has 1 aromatic heterocycles. The summed E-state index contributed by atoms with van der Waals surface area (Å²) in [6.07, 6.45) is 0. The lowest BCUT2D eigenvalue weighted by atomic mass is 10.3. The Morgan fingerprint density at radius 3 is 2.56 bits per heavy atom. The van der Waals surface area contributed by atoms with Gasteiger partial charge in [0.2, 0.25) is 0 Å². The summed E-state index contributed by atoms with van der Waals surface area (Å²) in [7, 11) is 0. The average Bonchev–Trinajstić information content (AvgIpc) is 2.86. The van der Waals surface area contributed by atoms with E-state index in [-0.39, 0.29) is 0 Å². The number of benzene rings is 1. The number of hydrogen-bond donors (Lipinski definition) is 0. The van der Waals surface area contributed by atoms with Gasteiger partial charge in [-0.15, -0.1) is 22.9 Å². The van der Waals surface area contributed by atoms with E-state index in [1.807, 2.05) is 36.6 Å². The summed E-state index contributed by atoms with van der Waals surface area (Å²) >= 11 is 7.26. The van der Waals surface area contributed by atoms with Crippen LogP contribution in [0.4, 0.5) is 0 Å². The summed E-state index contributed by atoms with van der Waals surface area (Å²) in [6.45, 7) is 3.00. The van der Waals surface area contributed by atoms with E-state index in [9.17, 15) is 0 Å². The Kier molecular flexibility index (Phi) is 4.84. The van der Waals surface area contributed by atoms with Crippen molar-refractivity contribution in [2.75, 3.05) is 6.61 Å². The van der Waals surface area contributed by atoms with Crippen LogP contribution < -0.4 is 9.47 Å². The van der Waals surface area contributed by atoms with E-state index in [2.05, 4.69) is 4.98 Å². The molecule has 2 aromatic rings. The SMILES string of the molecule is CCOc1ccccc1OCc1nc(CCl)cs1. The number of hydrogen-bond acceptors (Lipinski definition) is 4. The lowest BCUT2D eigenvalue weighted by Crippen LogP contribution is -1.99. The summed E-state index contributed by atoms with van der Waals surface area (Å²) < 4.78 is 11.2. The van der Waals surface area contributed by atoms with Crippen LogP contribution in [0.1, 0.15) is 17.6 Å². The Labute approximate surface area is 115 Å². The summed E-state index contributed by atoms with van der Waals surface area (Å²) in [6, 6.07) is 7.63. The summed E-state index contributed by atoms with van der Waals surface area (Å²) in [4.78, 5) is 4.34. The highest BCUT2D eigenvalue weighted by molar-refractivity contribution is 7.09. The molecule has 0 amide bonds. The molecule has 96 valence electrons. The van der Waals surface area contributed by atoms with Gasteiger partial charge >= 0.3 is 0 Å². The van der Waals surface area contributed by atoms with Gasteiger partial charge in [-0.05, 0) is 19.1 Å². The minimum atomic E-state index is 0.436. The first-order chi connectivity index (χ1) is 8.83. The molecule has 0 aliphatic heterocycles. The molecule has 0 unspecified atom stereocenters. The maximum atomic E-state index is 5.71. The molecule has 0 saturated heterocycles. The van der Waals surface area contributed by atoms with E-state index < -0.39 is 0 Å². The molecule has 1 heterocycles. The molecule has 1 aromatic carbocycles. The maximum Gasteiger partial charge on any atom is 0.161 e. The zero-order valence-corrected chi connectivity index (χ0v) is 11.6. The van der Waals surface area contributed by atoms with E-state index in [4.69, 9.17) is 21.1 Å².